The van der Waals surface area contributed by atoms with Gasteiger partial charge in [-0.05, 0) is 61.1 Å². The molecule has 5 rings (SSSR count). The van der Waals surface area contributed by atoms with E-state index in [1.54, 1.807) is 17.9 Å². The van der Waals surface area contributed by atoms with Crippen LogP contribution in [0.5, 0.6) is 5.75 Å². The van der Waals surface area contributed by atoms with Gasteiger partial charge in [0.1, 0.15) is 32.2 Å². The number of carbonyl (C=O) groups excluding carboxylic acids is 4. The summed E-state index contributed by atoms with van der Waals surface area (Å²) in [6.07, 6.45) is 7.49. The zero-order chi connectivity index (χ0) is 37.4. The summed E-state index contributed by atoms with van der Waals surface area (Å²) in [7, 11) is 1.27. The number of amides is 4. The molecule has 0 radical (unpaired) electrons. The Morgan fingerprint density at radius 1 is 1.04 bits per heavy atom. The van der Waals surface area contributed by atoms with Crippen molar-refractivity contribution >= 4 is 50.5 Å². The number of likely N-dealkylation sites (N-methyl/N-ethyl adjacent to an activating group) is 1. The average Bonchev–Trinajstić information content (AvgIpc) is 3.70. The first-order chi connectivity index (χ1) is 24.9. The lowest BCUT2D eigenvalue weighted by Gasteiger charge is -2.36. The molecular weight excluding hydrogens is 718 g/mol. The standard InChI is InChI=1S/C34H43F3N8O5SSi/c1-20(28(41-30(46)27-19-39-43-51-27)32(48)45-13-11-44(2)12-14-45)22-9-10-26(25(35)15-22)40-31(47)29(21-7-5-4-6-8-21)52-42-33(49)34(36,37)23-16-24(50-3)18-38-17-23/h9-10,15-21,28-29H,4-8,11-14,52H2,1-3H3,(H,40,47)(H,41,46)(H,42,49)/t20-,28+,29-/m0/s1. The van der Waals surface area contributed by atoms with E-state index in [-0.39, 0.29) is 28.1 Å². The molecule has 4 amide bonds. The quantitative estimate of drug-likeness (QED) is 0.223. The fourth-order valence-electron chi connectivity index (χ4n) is 6.59. The predicted molar refractivity (Wildman–Crippen MR) is 190 cm³/mol. The summed E-state index contributed by atoms with van der Waals surface area (Å²) in [5.41, 5.74) is -1.13. The molecule has 0 spiro atoms. The summed E-state index contributed by atoms with van der Waals surface area (Å²) in [6, 6.07) is 4.17. The van der Waals surface area contributed by atoms with Crippen molar-refractivity contribution in [3.8, 4) is 5.75 Å². The highest BCUT2D eigenvalue weighted by Crippen LogP contribution is 2.35. The maximum absolute atomic E-state index is 15.8. The van der Waals surface area contributed by atoms with Gasteiger partial charge < -0.3 is 30.2 Å². The van der Waals surface area contributed by atoms with E-state index in [0.717, 1.165) is 43.1 Å². The molecule has 0 unspecified atom stereocenters. The zero-order valence-electron chi connectivity index (χ0n) is 29.2. The van der Waals surface area contributed by atoms with Crippen LogP contribution in [0.1, 0.15) is 65.7 Å². The number of methoxy groups -OCH3 is 1. The van der Waals surface area contributed by atoms with Crippen molar-refractivity contribution in [2.45, 2.75) is 62.5 Å². The second kappa shape index (κ2) is 17.4. The number of nitrogens with one attached hydrogen (secondary N) is 3. The van der Waals surface area contributed by atoms with Gasteiger partial charge in [-0.2, -0.15) is 8.78 Å². The molecular formula is C34H43F3N8O5SSi. The summed E-state index contributed by atoms with van der Waals surface area (Å²) in [5.74, 6) is -8.37. The number of rotatable bonds is 13. The fourth-order valence-corrected chi connectivity index (χ4v) is 8.73. The highest BCUT2D eigenvalue weighted by molar-refractivity contribution is 7.07. The molecule has 2 aromatic heterocycles. The molecule has 1 saturated carbocycles. The number of pyridine rings is 1. The number of piperazine rings is 1. The second-order valence-electron chi connectivity index (χ2n) is 13.3. The van der Waals surface area contributed by atoms with Crippen LogP contribution >= 0.6 is 11.5 Å². The van der Waals surface area contributed by atoms with Crippen molar-refractivity contribution in [2.75, 3.05) is 45.7 Å². The Labute approximate surface area is 306 Å². The Morgan fingerprint density at radius 3 is 2.42 bits per heavy atom. The smallest absolute Gasteiger partial charge is 0.350 e. The molecule has 1 aliphatic carbocycles. The summed E-state index contributed by atoms with van der Waals surface area (Å²) in [4.78, 5) is 63.4. The Balaban J connectivity index is 1.31. The third kappa shape index (κ3) is 9.32. The van der Waals surface area contributed by atoms with Gasteiger partial charge in [-0.15, -0.1) is 5.10 Å². The molecule has 3 N–H and O–H groups in total. The highest BCUT2D eigenvalue weighted by atomic mass is 32.1. The van der Waals surface area contributed by atoms with Crippen LogP contribution in [0, 0.1) is 11.7 Å². The van der Waals surface area contributed by atoms with Crippen LogP contribution in [0.3, 0.4) is 0 Å². The van der Waals surface area contributed by atoms with Crippen LogP contribution in [-0.2, 0) is 20.3 Å². The largest absolute Gasteiger partial charge is 0.495 e. The third-order valence-electron chi connectivity index (χ3n) is 9.86. The maximum atomic E-state index is 15.8. The molecule has 13 nitrogen and oxygen atoms in total. The van der Waals surface area contributed by atoms with E-state index in [1.165, 1.54) is 31.6 Å². The number of carbonyl (C=O) groups is 4. The van der Waals surface area contributed by atoms with Crippen molar-refractivity contribution in [3.05, 3.63) is 64.7 Å². The molecule has 1 saturated heterocycles. The molecule has 18 heteroatoms. The number of ether oxygens (including phenoxy) is 1. The van der Waals surface area contributed by atoms with Crippen molar-refractivity contribution in [2.24, 2.45) is 5.92 Å². The topological polar surface area (TPSA) is 159 Å². The lowest BCUT2D eigenvalue weighted by Crippen LogP contribution is -2.55. The zero-order valence-corrected chi connectivity index (χ0v) is 31.5. The van der Waals surface area contributed by atoms with Gasteiger partial charge in [0.05, 0.1) is 30.8 Å². The van der Waals surface area contributed by atoms with Crippen molar-refractivity contribution in [1.29, 1.82) is 0 Å². The first-order valence-corrected chi connectivity index (χ1v) is 19.5. The van der Waals surface area contributed by atoms with Gasteiger partial charge in [-0.3, -0.25) is 24.2 Å². The molecule has 280 valence electrons. The molecule has 3 heterocycles. The number of aromatic nitrogens is 3. The minimum absolute atomic E-state index is 0.0690. The Morgan fingerprint density at radius 2 is 1.77 bits per heavy atom. The van der Waals surface area contributed by atoms with Crippen LogP contribution in [0.15, 0.2) is 42.9 Å². The van der Waals surface area contributed by atoms with E-state index in [9.17, 15) is 19.2 Å². The first kappa shape index (κ1) is 38.8. The number of halogens is 3. The Hall–Kier alpha value is -4.42. The van der Waals surface area contributed by atoms with Gasteiger partial charge >= 0.3 is 5.92 Å². The molecule has 0 bridgehead atoms. The van der Waals surface area contributed by atoms with E-state index in [4.69, 9.17) is 4.74 Å². The van der Waals surface area contributed by atoms with Gasteiger partial charge in [0.15, 0.2) is 0 Å². The average molecular weight is 761 g/mol. The minimum atomic E-state index is -3.92. The van der Waals surface area contributed by atoms with Crippen LogP contribution in [0.2, 0.25) is 5.54 Å². The molecule has 3 aromatic rings. The number of alkyl halides is 2. The SMILES string of the molecule is COc1cncc(C(F)(F)C(=O)N[SiH2][C@H](C(=O)Nc2ccc([C@H](C)[C@@H](NC(=O)c3cnns3)C(=O)N3CCN(C)CC3)cc2F)C2CCCCC2)c1. The summed E-state index contributed by atoms with van der Waals surface area (Å²) in [6.45, 7) is 3.98. The lowest BCUT2D eigenvalue weighted by molar-refractivity contribution is -0.145. The normalized spacial score (nSPS) is 17.7. The number of hydrogen-bond acceptors (Lipinski definition) is 10. The van der Waals surface area contributed by atoms with Crippen molar-refractivity contribution in [3.63, 3.8) is 0 Å². The van der Waals surface area contributed by atoms with Crippen molar-refractivity contribution < 1.29 is 37.1 Å². The van der Waals surface area contributed by atoms with Gasteiger partial charge in [0.2, 0.25) is 11.8 Å². The second-order valence-corrected chi connectivity index (χ2v) is 15.7. The minimum Gasteiger partial charge on any atom is -0.495 e. The molecule has 52 heavy (non-hydrogen) atoms. The van der Waals surface area contributed by atoms with Crippen LogP contribution in [0.25, 0.3) is 0 Å². The van der Waals surface area contributed by atoms with Gasteiger partial charge in [-0.25, -0.2) is 4.39 Å². The van der Waals surface area contributed by atoms with Gasteiger partial charge in [0.25, 0.3) is 11.8 Å². The first-order valence-electron chi connectivity index (χ1n) is 17.2. The van der Waals surface area contributed by atoms with E-state index in [2.05, 4.69) is 35.1 Å². The molecule has 2 fully saturated rings. The molecule has 2 aliphatic rings. The lowest BCUT2D eigenvalue weighted by atomic mass is 9.86. The third-order valence-corrected chi connectivity index (χ3v) is 12.5. The maximum Gasteiger partial charge on any atom is 0.350 e. The summed E-state index contributed by atoms with van der Waals surface area (Å²) >= 11 is 0.887. The van der Waals surface area contributed by atoms with Crippen molar-refractivity contribution in [1.82, 2.24) is 34.7 Å². The van der Waals surface area contributed by atoms with E-state index >= 15 is 13.2 Å². The predicted octanol–water partition coefficient (Wildman–Crippen LogP) is 3.06. The Bertz CT molecular complexity index is 1720. The van der Waals surface area contributed by atoms with Crippen LogP contribution in [-0.4, -0.2) is 104 Å². The summed E-state index contributed by atoms with van der Waals surface area (Å²) in [5, 5.41) is 9.13. The summed E-state index contributed by atoms with van der Waals surface area (Å²) < 4.78 is 54.7. The van der Waals surface area contributed by atoms with E-state index in [0.29, 0.717) is 44.6 Å². The number of hydrogen-bond donors (Lipinski definition) is 3. The van der Waals surface area contributed by atoms with E-state index in [1.807, 2.05) is 7.05 Å². The molecule has 1 aliphatic heterocycles. The molecule has 1 aromatic carbocycles. The highest BCUT2D eigenvalue weighted by Gasteiger charge is 2.43. The van der Waals surface area contributed by atoms with Gasteiger partial charge in [0, 0.05) is 43.8 Å². The van der Waals surface area contributed by atoms with E-state index < -0.39 is 62.2 Å². The number of nitrogens with zero attached hydrogens (tertiary/aromatic N) is 5. The Kier molecular flexibility index (Phi) is 13.0. The van der Waals surface area contributed by atoms with Gasteiger partial charge in [-0.1, -0.05) is 36.7 Å². The van der Waals surface area contributed by atoms with Crippen LogP contribution in [0.4, 0.5) is 18.9 Å². The number of benzene rings is 1. The van der Waals surface area contributed by atoms with Crippen LogP contribution < -0.4 is 20.4 Å². The molecule has 3 atom stereocenters. The monoisotopic (exact) mass is 760 g/mol. The number of anilines is 1. The fraction of sp³-hybridized carbons (Fsp3) is 0.500.